The molecule has 46 heavy (non-hydrogen) atoms. The van der Waals surface area contributed by atoms with Gasteiger partial charge in [-0.3, -0.25) is 9.59 Å². The van der Waals surface area contributed by atoms with Gasteiger partial charge in [0.1, 0.15) is 12.2 Å². The molecule has 4 aliphatic carbocycles. The highest BCUT2D eigenvalue weighted by molar-refractivity contribution is 5.93. The number of aryl methyl sites for hydroxylation is 2. The van der Waals surface area contributed by atoms with E-state index in [9.17, 15) is 14.7 Å². The molecule has 8 atom stereocenters. The molecule has 4 aliphatic rings. The van der Waals surface area contributed by atoms with Crippen molar-refractivity contribution in [3.8, 4) is 0 Å². The third kappa shape index (κ3) is 5.12. The largest absolute Gasteiger partial charge is 0.472 e. The van der Waals surface area contributed by atoms with Crippen molar-refractivity contribution in [2.75, 3.05) is 0 Å². The predicted octanol–water partition coefficient (Wildman–Crippen LogP) is 8.71. The Balaban J connectivity index is 1.41. The van der Waals surface area contributed by atoms with E-state index in [1.165, 1.54) is 5.57 Å². The Bertz CT molecular complexity index is 1460. The molecule has 3 fully saturated rings. The lowest BCUT2D eigenvalue weighted by molar-refractivity contribution is -0.238. The van der Waals surface area contributed by atoms with Crippen LogP contribution in [0.4, 0.5) is 0 Å². The van der Waals surface area contributed by atoms with Gasteiger partial charge in [0.2, 0.25) is 0 Å². The van der Waals surface area contributed by atoms with E-state index in [-0.39, 0.29) is 39.6 Å². The summed E-state index contributed by atoms with van der Waals surface area (Å²) >= 11 is 0. The van der Waals surface area contributed by atoms with E-state index >= 15 is 0 Å². The van der Waals surface area contributed by atoms with Gasteiger partial charge < -0.3 is 18.7 Å². The summed E-state index contributed by atoms with van der Waals surface area (Å²) in [6, 6.07) is 3.96. The molecular weight excluding hydrogens is 576 g/mol. The van der Waals surface area contributed by atoms with E-state index in [0.717, 1.165) is 68.1 Å². The number of aliphatic hydroxyl groups is 1. The van der Waals surface area contributed by atoms with E-state index in [0.29, 0.717) is 12.8 Å². The summed E-state index contributed by atoms with van der Waals surface area (Å²) < 4.78 is 17.7. The van der Waals surface area contributed by atoms with Crippen molar-refractivity contribution >= 4 is 11.6 Å². The van der Waals surface area contributed by atoms with E-state index in [1.807, 2.05) is 19.1 Å². The molecule has 0 radical (unpaired) electrons. The molecule has 3 saturated carbocycles. The Morgan fingerprint density at radius 2 is 1.39 bits per heavy atom. The standard InChI is InChI=1S/C40H56O6/c1-25-29(12-11-27-14-21-44-23-27)38(7)18-9-16-36(3,4)34(38)30(41)32(25)46-33-26(2)40(43,20-13-28-15-22-45-24-28)39(8)19-10-17-37(5,6)35(39)31(33)42/h14-15,21-24,26,32-35,43H,9-13,16-20H2,1-8H3/t26?,32-,33-,34?,35?,38-,39+,40+/m1/s1. The minimum Gasteiger partial charge on any atom is -0.472 e. The second-order valence-electron chi connectivity index (χ2n) is 17.3. The lowest BCUT2D eigenvalue weighted by Gasteiger charge is -2.63. The number of allylic oxidation sites excluding steroid dienone is 1. The lowest BCUT2D eigenvalue weighted by Crippen LogP contribution is -2.70. The van der Waals surface area contributed by atoms with Gasteiger partial charge in [-0.2, -0.15) is 0 Å². The fraction of sp³-hybridized carbons (Fsp3) is 0.700. The first-order valence-corrected chi connectivity index (χ1v) is 17.7. The molecule has 2 aromatic heterocycles. The molecule has 0 aliphatic heterocycles. The molecule has 2 aromatic rings. The summed E-state index contributed by atoms with van der Waals surface area (Å²) in [5.74, 6) is -0.888. The summed E-state index contributed by atoms with van der Waals surface area (Å²) in [6.07, 6.45) is 13.8. The number of hydrogen-bond donors (Lipinski definition) is 1. The zero-order valence-corrected chi connectivity index (χ0v) is 29.4. The van der Waals surface area contributed by atoms with Gasteiger partial charge in [-0.05, 0) is 103 Å². The fourth-order valence-corrected chi connectivity index (χ4v) is 11.4. The highest BCUT2D eigenvalue weighted by atomic mass is 16.5. The SMILES string of the molecule is CC1=C(CCc2ccoc2)[C@@]2(C)CCCC(C)(C)C2C(=O)[C@@H]1O[C@H]1C(=O)C2C(C)(C)CCC[C@]2(C)[C@](O)(CCc2ccoc2)C1C. The highest BCUT2D eigenvalue weighted by Crippen LogP contribution is 2.64. The summed E-state index contributed by atoms with van der Waals surface area (Å²) in [5, 5.41) is 13.0. The quantitative estimate of drug-likeness (QED) is 0.293. The number of ether oxygens (including phenoxy) is 1. The first-order valence-electron chi connectivity index (χ1n) is 17.7. The Hall–Kier alpha value is -2.44. The molecule has 0 aromatic carbocycles. The van der Waals surface area contributed by atoms with E-state index < -0.39 is 29.1 Å². The molecule has 252 valence electrons. The van der Waals surface area contributed by atoms with Gasteiger partial charge in [0.05, 0.1) is 30.7 Å². The van der Waals surface area contributed by atoms with Gasteiger partial charge in [0.25, 0.3) is 0 Å². The Morgan fingerprint density at radius 1 is 0.804 bits per heavy atom. The van der Waals surface area contributed by atoms with Crippen molar-refractivity contribution in [1.29, 1.82) is 0 Å². The van der Waals surface area contributed by atoms with Gasteiger partial charge in [0, 0.05) is 23.2 Å². The molecule has 6 nitrogen and oxygen atoms in total. The molecule has 0 saturated heterocycles. The molecule has 3 unspecified atom stereocenters. The highest BCUT2D eigenvalue weighted by Gasteiger charge is 2.68. The lowest BCUT2D eigenvalue weighted by atomic mass is 9.43. The van der Waals surface area contributed by atoms with Crippen molar-refractivity contribution in [2.45, 2.75) is 137 Å². The zero-order chi connectivity index (χ0) is 33.3. The Labute approximate surface area is 275 Å². The van der Waals surface area contributed by atoms with Crippen molar-refractivity contribution in [3.05, 3.63) is 59.5 Å². The van der Waals surface area contributed by atoms with Gasteiger partial charge in [-0.1, -0.05) is 66.9 Å². The van der Waals surface area contributed by atoms with Gasteiger partial charge in [-0.25, -0.2) is 0 Å². The van der Waals surface area contributed by atoms with Gasteiger partial charge >= 0.3 is 0 Å². The van der Waals surface area contributed by atoms with Crippen LogP contribution >= 0.6 is 0 Å². The molecular formula is C40H56O6. The number of furan rings is 2. The summed E-state index contributed by atoms with van der Waals surface area (Å²) in [4.78, 5) is 29.7. The van der Waals surface area contributed by atoms with Gasteiger partial charge in [0.15, 0.2) is 11.6 Å². The summed E-state index contributed by atoms with van der Waals surface area (Å²) in [6.45, 7) is 17.3. The van der Waals surface area contributed by atoms with E-state index in [4.69, 9.17) is 13.6 Å². The molecule has 1 N–H and O–H groups in total. The van der Waals surface area contributed by atoms with E-state index in [2.05, 4.69) is 48.5 Å². The monoisotopic (exact) mass is 632 g/mol. The van der Waals surface area contributed by atoms with Crippen molar-refractivity contribution in [1.82, 2.24) is 0 Å². The topological polar surface area (TPSA) is 89.9 Å². The predicted molar refractivity (Wildman–Crippen MR) is 178 cm³/mol. The third-order valence-electron chi connectivity index (χ3n) is 13.6. The van der Waals surface area contributed by atoms with Crippen LogP contribution in [0.25, 0.3) is 0 Å². The molecule has 2 heterocycles. The van der Waals surface area contributed by atoms with Crippen molar-refractivity contribution < 1.29 is 28.3 Å². The van der Waals surface area contributed by atoms with Crippen LogP contribution in [0.15, 0.2) is 57.2 Å². The fourth-order valence-electron chi connectivity index (χ4n) is 11.4. The average Bonchev–Trinajstić information content (AvgIpc) is 3.68. The van der Waals surface area contributed by atoms with Crippen LogP contribution in [0, 0.1) is 39.4 Å². The molecule has 0 amide bonds. The third-order valence-corrected chi connectivity index (χ3v) is 13.6. The smallest absolute Gasteiger partial charge is 0.170 e. The molecule has 0 spiro atoms. The first-order chi connectivity index (χ1) is 21.6. The molecule has 6 heteroatoms. The van der Waals surface area contributed by atoms with Crippen LogP contribution < -0.4 is 0 Å². The van der Waals surface area contributed by atoms with Crippen molar-refractivity contribution in [3.63, 3.8) is 0 Å². The van der Waals surface area contributed by atoms with E-state index in [1.54, 1.807) is 25.1 Å². The minimum absolute atomic E-state index is 0.0597. The van der Waals surface area contributed by atoms with Crippen LogP contribution in [0.5, 0.6) is 0 Å². The van der Waals surface area contributed by atoms with Crippen molar-refractivity contribution in [2.24, 2.45) is 39.4 Å². The number of rotatable bonds is 8. The second-order valence-corrected chi connectivity index (χ2v) is 17.3. The average molecular weight is 633 g/mol. The van der Waals surface area contributed by atoms with Crippen LogP contribution in [0.2, 0.25) is 0 Å². The number of ketones is 2. The Kier molecular flexibility index (Phi) is 8.45. The van der Waals surface area contributed by atoms with Crippen LogP contribution in [0.3, 0.4) is 0 Å². The number of carbonyl (C=O) groups is 2. The maximum atomic E-state index is 14.8. The summed E-state index contributed by atoms with van der Waals surface area (Å²) in [7, 11) is 0. The number of hydrogen-bond acceptors (Lipinski definition) is 6. The number of carbonyl (C=O) groups excluding carboxylic acids is 2. The maximum absolute atomic E-state index is 14.8. The summed E-state index contributed by atoms with van der Waals surface area (Å²) in [5.41, 5.74) is 1.92. The maximum Gasteiger partial charge on any atom is 0.170 e. The van der Waals surface area contributed by atoms with Gasteiger partial charge in [-0.15, -0.1) is 0 Å². The zero-order valence-electron chi connectivity index (χ0n) is 29.4. The minimum atomic E-state index is -1.16. The molecule has 0 bridgehead atoms. The second kappa shape index (κ2) is 11.6. The van der Waals surface area contributed by atoms with Crippen LogP contribution in [-0.2, 0) is 27.2 Å². The number of fused-ring (bicyclic) bond motifs is 2. The first kappa shape index (κ1) is 33.5. The van der Waals surface area contributed by atoms with Crippen LogP contribution in [0.1, 0.15) is 118 Å². The molecule has 6 rings (SSSR count). The number of Topliss-reactive ketones (excluding diaryl/α,β-unsaturated/α-hetero) is 2. The normalized spacial score (nSPS) is 38.8. The Morgan fingerprint density at radius 3 is 2.00 bits per heavy atom. The van der Waals surface area contributed by atoms with Crippen LogP contribution in [-0.4, -0.2) is 34.5 Å².